The summed E-state index contributed by atoms with van der Waals surface area (Å²) in [7, 11) is 0. The fraction of sp³-hybridized carbons (Fsp3) is 0.333. The minimum atomic E-state index is -1.22. The Morgan fingerprint density at radius 3 is 2.59 bits per heavy atom. The van der Waals surface area contributed by atoms with Crippen molar-refractivity contribution in [3.05, 3.63) is 48.0 Å². The lowest BCUT2D eigenvalue weighted by molar-refractivity contribution is 0.172. The van der Waals surface area contributed by atoms with Crippen molar-refractivity contribution in [2.45, 2.75) is 31.0 Å². The Hall–Kier alpha value is -1.41. The quantitative estimate of drug-likeness (QED) is 0.795. The molecule has 2 atom stereocenters. The first-order valence-electron chi connectivity index (χ1n) is 6.11. The van der Waals surface area contributed by atoms with Crippen LogP contribution in [0, 0.1) is 0 Å². The van der Waals surface area contributed by atoms with Crippen LogP contribution in [0.4, 0.5) is 4.39 Å². The van der Waals surface area contributed by atoms with Gasteiger partial charge in [0.05, 0.1) is 0 Å². The van der Waals surface area contributed by atoms with Gasteiger partial charge in [0, 0.05) is 12.5 Å². The van der Waals surface area contributed by atoms with E-state index >= 15 is 0 Å². The van der Waals surface area contributed by atoms with Gasteiger partial charge in [0.2, 0.25) is 0 Å². The number of halogens is 1. The highest BCUT2D eigenvalue weighted by molar-refractivity contribution is 5.83. The van der Waals surface area contributed by atoms with Gasteiger partial charge in [0.15, 0.2) is 0 Å². The summed E-state index contributed by atoms with van der Waals surface area (Å²) in [6.45, 7) is 0. The topological polar surface area (TPSA) is 26.0 Å². The van der Waals surface area contributed by atoms with Crippen LogP contribution in [0.25, 0.3) is 10.8 Å². The van der Waals surface area contributed by atoms with Crippen molar-refractivity contribution >= 4 is 10.8 Å². The van der Waals surface area contributed by atoms with E-state index in [0.717, 1.165) is 22.8 Å². The number of nitrogens with two attached hydrogens (primary N) is 1. The first kappa shape index (κ1) is 10.7. The van der Waals surface area contributed by atoms with Crippen LogP contribution in [0.1, 0.15) is 24.8 Å². The van der Waals surface area contributed by atoms with Gasteiger partial charge in [0.1, 0.15) is 5.67 Å². The van der Waals surface area contributed by atoms with E-state index in [1.807, 2.05) is 42.5 Å². The van der Waals surface area contributed by atoms with Crippen LogP contribution in [0.3, 0.4) is 0 Å². The van der Waals surface area contributed by atoms with Crippen LogP contribution >= 0.6 is 0 Å². The second-order valence-electron chi connectivity index (χ2n) is 5.03. The van der Waals surface area contributed by atoms with Gasteiger partial charge in [-0.1, -0.05) is 36.4 Å². The predicted molar refractivity (Wildman–Crippen MR) is 68.6 cm³/mol. The predicted octanol–water partition coefficient (Wildman–Crippen LogP) is 3.52. The molecule has 2 N–H and O–H groups in total. The van der Waals surface area contributed by atoms with Crippen molar-refractivity contribution in [1.82, 2.24) is 0 Å². The zero-order valence-corrected chi connectivity index (χ0v) is 9.70. The Labute approximate surface area is 100 Å². The molecule has 0 aliphatic heterocycles. The average molecular weight is 229 g/mol. The van der Waals surface area contributed by atoms with Crippen LogP contribution in [-0.4, -0.2) is 6.04 Å². The number of benzene rings is 2. The molecule has 0 radical (unpaired) electrons. The van der Waals surface area contributed by atoms with Crippen LogP contribution in [0.2, 0.25) is 0 Å². The lowest BCUT2D eigenvalue weighted by Gasteiger charge is -2.20. The summed E-state index contributed by atoms with van der Waals surface area (Å²) >= 11 is 0. The van der Waals surface area contributed by atoms with Gasteiger partial charge in [-0.15, -0.1) is 0 Å². The van der Waals surface area contributed by atoms with E-state index in [1.54, 1.807) is 0 Å². The summed E-state index contributed by atoms with van der Waals surface area (Å²) in [5.74, 6) is 0. The molecule has 2 unspecified atom stereocenters. The van der Waals surface area contributed by atoms with E-state index in [0.29, 0.717) is 12.8 Å². The summed E-state index contributed by atoms with van der Waals surface area (Å²) < 4.78 is 14.7. The van der Waals surface area contributed by atoms with Crippen molar-refractivity contribution in [3.63, 3.8) is 0 Å². The van der Waals surface area contributed by atoms with Gasteiger partial charge < -0.3 is 5.73 Å². The van der Waals surface area contributed by atoms with E-state index in [-0.39, 0.29) is 6.04 Å². The monoisotopic (exact) mass is 229 g/mol. The number of alkyl halides is 1. The molecule has 17 heavy (non-hydrogen) atoms. The standard InChI is InChI=1S/C15H16FN/c16-15(8-7-14(17)10-15)13-6-5-11-3-1-2-4-12(11)9-13/h1-6,9,14H,7-8,10,17H2. The maximum absolute atomic E-state index is 14.7. The van der Waals surface area contributed by atoms with Gasteiger partial charge in [-0.05, 0) is 35.2 Å². The molecule has 0 spiro atoms. The normalized spacial score (nSPS) is 28.7. The SMILES string of the molecule is NC1CCC(F)(c2ccc3ccccc3c2)C1. The summed E-state index contributed by atoms with van der Waals surface area (Å²) in [6.07, 6.45) is 1.78. The van der Waals surface area contributed by atoms with Crippen LogP contribution in [0.5, 0.6) is 0 Å². The third-order valence-electron chi connectivity index (χ3n) is 3.76. The summed E-state index contributed by atoms with van der Waals surface area (Å²) in [6, 6.07) is 13.9. The molecule has 1 fully saturated rings. The molecular formula is C15H16FN. The Morgan fingerprint density at radius 1 is 1.12 bits per heavy atom. The molecule has 0 bridgehead atoms. The number of rotatable bonds is 1. The molecule has 0 heterocycles. The highest BCUT2D eigenvalue weighted by Crippen LogP contribution is 2.42. The lowest BCUT2D eigenvalue weighted by Crippen LogP contribution is -2.21. The van der Waals surface area contributed by atoms with E-state index in [1.165, 1.54) is 0 Å². The Morgan fingerprint density at radius 2 is 1.88 bits per heavy atom. The Kier molecular flexibility index (Phi) is 2.40. The van der Waals surface area contributed by atoms with Gasteiger partial charge in [0.25, 0.3) is 0 Å². The van der Waals surface area contributed by atoms with E-state index in [9.17, 15) is 4.39 Å². The highest BCUT2D eigenvalue weighted by Gasteiger charge is 2.39. The zero-order valence-electron chi connectivity index (χ0n) is 9.70. The molecule has 2 aromatic rings. The minimum absolute atomic E-state index is 0.00599. The van der Waals surface area contributed by atoms with Crippen molar-refractivity contribution in [2.24, 2.45) is 5.73 Å². The molecule has 3 rings (SSSR count). The Balaban J connectivity index is 2.06. The van der Waals surface area contributed by atoms with E-state index in [4.69, 9.17) is 5.73 Å². The number of hydrogen-bond acceptors (Lipinski definition) is 1. The van der Waals surface area contributed by atoms with Gasteiger partial charge in [-0.25, -0.2) is 4.39 Å². The third kappa shape index (κ3) is 1.83. The molecule has 1 aliphatic carbocycles. The largest absolute Gasteiger partial charge is 0.328 e. The van der Waals surface area contributed by atoms with Crippen LogP contribution < -0.4 is 5.73 Å². The molecule has 0 aromatic heterocycles. The molecule has 2 aromatic carbocycles. The van der Waals surface area contributed by atoms with E-state index in [2.05, 4.69) is 0 Å². The van der Waals surface area contributed by atoms with Gasteiger partial charge >= 0.3 is 0 Å². The number of fused-ring (bicyclic) bond motifs is 1. The number of hydrogen-bond donors (Lipinski definition) is 1. The second-order valence-corrected chi connectivity index (χ2v) is 5.03. The molecule has 88 valence electrons. The minimum Gasteiger partial charge on any atom is -0.328 e. The molecule has 1 aliphatic rings. The fourth-order valence-corrected chi connectivity index (χ4v) is 2.76. The maximum Gasteiger partial charge on any atom is 0.137 e. The molecule has 1 saturated carbocycles. The Bertz CT molecular complexity index is 551. The zero-order chi connectivity index (χ0) is 11.9. The van der Waals surface area contributed by atoms with Crippen molar-refractivity contribution < 1.29 is 4.39 Å². The fourth-order valence-electron chi connectivity index (χ4n) is 2.76. The third-order valence-corrected chi connectivity index (χ3v) is 3.76. The molecule has 0 amide bonds. The summed E-state index contributed by atoms with van der Waals surface area (Å²) in [5, 5.41) is 2.25. The molecular weight excluding hydrogens is 213 g/mol. The highest BCUT2D eigenvalue weighted by atomic mass is 19.1. The molecule has 0 saturated heterocycles. The first-order valence-corrected chi connectivity index (χ1v) is 6.11. The van der Waals surface area contributed by atoms with Crippen LogP contribution in [-0.2, 0) is 5.67 Å². The van der Waals surface area contributed by atoms with Crippen molar-refractivity contribution in [1.29, 1.82) is 0 Å². The molecule has 1 nitrogen and oxygen atoms in total. The van der Waals surface area contributed by atoms with Crippen molar-refractivity contribution in [3.8, 4) is 0 Å². The van der Waals surface area contributed by atoms with Gasteiger partial charge in [-0.3, -0.25) is 0 Å². The summed E-state index contributed by atoms with van der Waals surface area (Å²) in [5.41, 5.74) is 5.38. The lowest BCUT2D eigenvalue weighted by atomic mass is 9.92. The van der Waals surface area contributed by atoms with Gasteiger partial charge in [-0.2, -0.15) is 0 Å². The second kappa shape index (κ2) is 3.81. The average Bonchev–Trinajstić information content (AvgIpc) is 2.70. The van der Waals surface area contributed by atoms with E-state index < -0.39 is 5.67 Å². The molecule has 2 heteroatoms. The van der Waals surface area contributed by atoms with Crippen molar-refractivity contribution in [2.75, 3.05) is 0 Å². The maximum atomic E-state index is 14.7. The first-order chi connectivity index (χ1) is 8.17. The summed E-state index contributed by atoms with van der Waals surface area (Å²) in [4.78, 5) is 0. The smallest absolute Gasteiger partial charge is 0.137 e. The van der Waals surface area contributed by atoms with Crippen LogP contribution in [0.15, 0.2) is 42.5 Å².